The maximum atomic E-state index is 14.6. The minimum atomic E-state index is -0.546. The van der Waals surface area contributed by atoms with E-state index >= 15 is 0 Å². The Balaban J connectivity index is 1.59. The van der Waals surface area contributed by atoms with Gasteiger partial charge in [0.1, 0.15) is 17.8 Å². The Bertz CT molecular complexity index is 1120. The van der Waals surface area contributed by atoms with Crippen LogP contribution in [-0.2, 0) is 0 Å². The number of anilines is 2. The molecule has 7 heteroatoms. The summed E-state index contributed by atoms with van der Waals surface area (Å²) >= 11 is 0. The Kier molecular flexibility index (Phi) is 4.25. The van der Waals surface area contributed by atoms with Gasteiger partial charge >= 0.3 is 6.03 Å². The molecule has 4 rings (SSSR count). The van der Waals surface area contributed by atoms with Crippen LogP contribution in [0.4, 0.5) is 20.6 Å². The minimum Gasteiger partial charge on any atom is -0.346 e. The van der Waals surface area contributed by atoms with Gasteiger partial charge in [-0.1, -0.05) is 24.3 Å². The molecule has 2 aromatic heterocycles. The molecule has 0 atom stereocenters. The van der Waals surface area contributed by atoms with Crippen molar-refractivity contribution in [2.24, 2.45) is 0 Å². The monoisotopic (exact) mass is 361 g/mol. The molecule has 2 heterocycles. The molecule has 2 aromatic carbocycles. The molecule has 0 saturated carbocycles. The zero-order chi connectivity index (χ0) is 18.8. The number of aryl methyl sites for hydroxylation is 1. The SMILES string of the molecule is Cc1c[nH]c2ncnc(-c3ccc(NC(=O)Nc4ccccc4)c(F)c3)c12. The van der Waals surface area contributed by atoms with Gasteiger partial charge in [0, 0.05) is 22.8 Å². The van der Waals surface area contributed by atoms with Crippen molar-refractivity contribution < 1.29 is 9.18 Å². The highest BCUT2D eigenvalue weighted by molar-refractivity contribution is 6.00. The molecule has 0 unspecified atom stereocenters. The number of benzene rings is 2. The van der Waals surface area contributed by atoms with Crippen LogP contribution in [0.25, 0.3) is 22.3 Å². The fourth-order valence-corrected chi connectivity index (χ4v) is 2.91. The molecule has 134 valence electrons. The van der Waals surface area contributed by atoms with Crippen molar-refractivity contribution in [3.8, 4) is 11.3 Å². The van der Waals surface area contributed by atoms with Crippen LogP contribution < -0.4 is 10.6 Å². The van der Waals surface area contributed by atoms with E-state index in [9.17, 15) is 9.18 Å². The number of aromatic nitrogens is 3. The smallest absolute Gasteiger partial charge is 0.323 e. The molecule has 6 nitrogen and oxygen atoms in total. The molecular formula is C20H16FN5O. The summed E-state index contributed by atoms with van der Waals surface area (Å²) < 4.78 is 14.6. The van der Waals surface area contributed by atoms with Gasteiger partial charge in [-0.2, -0.15) is 0 Å². The van der Waals surface area contributed by atoms with E-state index in [-0.39, 0.29) is 5.69 Å². The number of para-hydroxylation sites is 1. The Morgan fingerprint density at radius 2 is 1.89 bits per heavy atom. The van der Waals surface area contributed by atoms with E-state index in [1.165, 1.54) is 18.5 Å². The van der Waals surface area contributed by atoms with Crippen LogP contribution in [0, 0.1) is 12.7 Å². The standard InChI is InChI=1S/C20H16FN5O/c1-12-10-22-19-17(12)18(23-11-24-19)13-7-8-16(15(21)9-13)26-20(27)25-14-5-3-2-4-6-14/h2-11H,1H3,(H,22,23,24)(H2,25,26,27). The second kappa shape index (κ2) is 6.87. The molecule has 0 radical (unpaired) electrons. The quantitative estimate of drug-likeness (QED) is 0.494. The van der Waals surface area contributed by atoms with Crippen molar-refractivity contribution in [1.29, 1.82) is 0 Å². The average molecular weight is 361 g/mol. The molecular weight excluding hydrogens is 345 g/mol. The first-order valence-electron chi connectivity index (χ1n) is 8.33. The second-order valence-corrected chi connectivity index (χ2v) is 6.06. The van der Waals surface area contributed by atoms with E-state index in [4.69, 9.17) is 0 Å². The summed E-state index contributed by atoms with van der Waals surface area (Å²) in [6, 6.07) is 13.0. The van der Waals surface area contributed by atoms with Crippen molar-refractivity contribution in [3.05, 3.63) is 72.4 Å². The number of urea groups is 1. The predicted molar refractivity (Wildman–Crippen MR) is 103 cm³/mol. The lowest BCUT2D eigenvalue weighted by Gasteiger charge is -2.10. The van der Waals surface area contributed by atoms with Crippen LogP contribution in [0.5, 0.6) is 0 Å². The number of aromatic amines is 1. The number of halogens is 1. The van der Waals surface area contributed by atoms with E-state index in [0.29, 0.717) is 22.6 Å². The zero-order valence-electron chi connectivity index (χ0n) is 14.5. The fraction of sp³-hybridized carbons (Fsp3) is 0.0500. The number of rotatable bonds is 3. The third-order valence-corrected chi connectivity index (χ3v) is 4.19. The van der Waals surface area contributed by atoms with Crippen molar-refractivity contribution in [3.63, 3.8) is 0 Å². The fourth-order valence-electron chi connectivity index (χ4n) is 2.91. The molecule has 0 bridgehead atoms. The lowest BCUT2D eigenvalue weighted by atomic mass is 10.1. The van der Waals surface area contributed by atoms with Gasteiger partial charge in [-0.25, -0.2) is 19.2 Å². The number of H-pyrrole nitrogens is 1. The number of carbonyl (C=O) groups excluding carboxylic acids is 1. The molecule has 0 saturated heterocycles. The summed E-state index contributed by atoms with van der Waals surface area (Å²) in [7, 11) is 0. The van der Waals surface area contributed by atoms with Crippen LogP contribution in [0.2, 0.25) is 0 Å². The topological polar surface area (TPSA) is 82.7 Å². The van der Waals surface area contributed by atoms with E-state index in [2.05, 4.69) is 25.6 Å². The van der Waals surface area contributed by atoms with Crippen LogP contribution in [0.15, 0.2) is 61.1 Å². The summed E-state index contributed by atoms with van der Waals surface area (Å²) in [6.07, 6.45) is 3.27. The lowest BCUT2D eigenvalue weighted by molar-refractivity contribution is 0.262. The summed E-state index contributed by atoms with van der Waals surface area (Å²) in [5.41, 5.74) is 3.63. The van der Waals surface area contributed by atoms with Crippen molar-refractivity contribution >= 4 is 28.4 Å². The molecule has 2 amide bonds. The molecule has 27 heavy (non-hydrogen) atoms. The summed E-state index contributed by atoms with van der Waals surface area (Å²) in [6.45, 7) is 1.94. The largest absolute Gasteiger partial charge is 0.346 e. The van der Waals surface area contributed by atoms with Gasteiger partial charge < -0.3 is 15.6 Å². The van der Waals surface area contributed by atoms with Gasteiger partial charge in [0.05, 0.1) is 11.4 Å². The van der Waals surface area contributed by atoms with Gasteiger partial charge in [-0.15, -0.1) is 0 Å². The molecule has 0 spiro atoms. The van der Waals surface area contributed by atoms with Crippen LogP contribution >= 0.6 is 0 Å². The maximum absolute atomic E-state index is 14.6. The van der Waals surface area contributed by atoms with E-state index in [0.717, 1.165) is 10.9 Å². The van der Waals surface area contributed by atoms with Gasteiger partial charge in [-0.05, 0) is 36.8 Å². The van der Waals surface area contributed by atoms with Gasteiger partial charge in [0.2, 0.25) is 0 Å². The molecule has 0 aliphatic carbocycles. The predicted octanol–water partition coefficient (Wildman–Crippen LogP) is 4.72. The first kappa shape index (κ1) is 16.7. The van der Waals surface area contributed by atoms with Crippen molar-refractivity contribution in [2.75, 3.05) is 10.6 Å². The number of nitrogens with one attached hydrogen (secondary N) is 3. The van der Waals surface area contributed by atoms with Crippen LogP contribution in [0.1, 0.15) is 5.56 Å². The third kappa shape index (κ3) is 3.35. The summed E-state index contributed by atoms with van der Waals surface area (Å²) in [5, 5.41) is 6.01. The number of hydrogen-bond acceptors (Lipinski definition) is 3. The van der Waals surface area contributed by atoms with Crippen LogP contribution in [-0.4, -0.2) is 21.0 Å². The highest BCUT2D eigenvalue weighted by Crippen LogP contribution is 2.29. The normalized spacial score (nSPS) is 10.7. The third-order valence-electron chi connectivity index (χ3n) is 4.19. The lowest BCUT2D eigenvalue weighted by Crippen LogP contribution is -2.20. The van der Waals surface area contributed by atoms with Crippen molar-refractivity contribution in [2.45, 2.75) is 6.92 Å². The Morgan fingerprint density at radius 3 is 2.67 bits per heavy atom. The summed E-state index contributed by atoms with van der Waals surface area (Å²) in [4.78, 5) is 23.6. The average Bonchev–Trinajstić information content (AvgIpc) is 3.05. The second-order valence-electron chi connectivity index (χ2n) is 6.06. The van der Waals surface area contributed by atoms with Crippen LogP contribution in [0.3, 0.4) is 0 Å². The number of amides is 2. The highest BCUT2D eigenvalue weighted by atomic mass is 19.1. The van der Waals surface area contributed by atoms with Gasteiger partial charge in [0.25, 0.3) is 0 Å². The maximum Gasteiger partial charge on any atom is 0.323 e. The highest BCUT2D eigenvalue weighted by Gasteiger charge is 2.13. The Morgan fingerprint density at radius 1 is 1.07 bits per heavy atom. The molecule has 0 aliphatic heterocycles. The molecule has 4 aromatic rings. The first-order chi connectivity index (χ1) is 13.1. The molecule has 3 N–H and O–H groups in total. The van der Waals surface area contributed by atoms with Crippen molar-refractivity contribution in [1.82, 2.24) is 15.0 Å². The first-order valence-corrected chi connectivity index (χ1v) is 8.33. The van der Waals surface area contributed by atoms with Gasteiger partial charge in [0.15, 0.2) is 0 Å². The Hall–Kier alpha value is -3.74. The van der Waals surface area contributed by atoms with E-state index in [1.807, 2.05) is 19.2 Å². The van der Waals surface area contributed by atoms with E-state index < -0.39 is 11.8 Å². The number of hydrogen-bond donors (Lipinski definition) is 3. The zero-order valence-corrected chi connectivity index (χ0v) is 14.5. The van der Waals surface area contributed by atoms with E-state index in [1.54, 1.807) is 30.3 Å². The molecule has 0 aliphatic rings. The van der Waals surface area contributed by atoms with Gasteiger partial charge in [-0.3, -0.25) is 0 Å². The number of fused-ring (bicyclic) bond motifs is 1. The minimum absolute atomic E-state index is 0.0864. The number of nitrogens with zero attached hydrogens (tertiary/aromatic N) is 2. The summed E-state index contributed by atoms with van der Waals surface area (Å²) in [5.74, 6) is -0.546. The Labute approximate surface area is 154 Å². The number of carbonyl (C=O) groups is 1. The molecule has 0 fully saturated rings.